The number of aromatic amines is 1. The number of amides is 1. The van der Waals surface area contributed by atoms with Crippen LogP contribution in [0.5, 0.6) is 11.5 Å². The molecule has 5 heteroatoms. The number of fused-ring (bicyclic) bond motifs is 1. The number of imidazole rings is 1. The van der Waals surface area contributed by atoms with Gasteiger partial charge < -0.3 is 15.5 Å². The fourth-order valence-corrected chi connectivity index (χ4v) is 3.97. The molecule has 3 N–H and O–H groups in total. The zero-order valence-corrected chi connectivity index (χ0v) is 16.5. The van der Waals surface area contributed by atoms with Crippen LogP contribution in [0.2, 0.25) is 0 Å². The van der Waals surface area contributed by atoms with Gasteiger partial charge in [-0.2, -0.15) is 0 Å². The lowest BCUT2D eigenvalue weighted by Gasteiger charge is -2.14. The van der Waals surface area contributed by atoms with Gasteiger partial charge in [0.25, 0.3) is 0 Å². The summed E-state index contributed by atoms with van der Waals surface area (Å²) >= 11 is 0. The molecule has 1 saturated carbocycles. The molecule has 30 heavy (non-hydrogen) atoms. The summed E-state index contributed by atoms with van der Waals surface area (Å²) in [7, 11) is 0. The molecule has 0 aliphatic heterocycles. The van der Waals surface area contributed by atoms with Crippen LogP contribution in [0.15, 0.2) is 72.8 Å². The van der Waals surface area contributed by atoms with E-state index in [-0.39, 0.29) is 11.8 Å². The average molecular weight is 397 g/mol. The van der Waals surface area contributed by atoms with Crippen LogP contribution in [-0.2, 0) is 4.79 Å². The van der Waals surface area contributed by atoms with E-state index in [9.17, 15) is 4.79 Å². The monoisotopic (exact) mass is 397 g/mol. The molecule has 1 amide bonds. The Morgan fingerprint density at radius 2 is 1.77 bits per heavy atom. The molecule has 1 heterocycles. The van der Waals surface area contributed by atoms with E-state index in [1.54, 1.807) is 0 Å². The van der Waals surface area contributed by atoms with E-state index >= 15 is 0 Å². The number of primary amides is 1. The number of benzene rings is 3. The standard InChI is InChI=1S/C25H23N3O2/c26-24(29)15-21(16-6-7-16)18-10-13-22-23(14-18)28-25(27-22)17-8-11-20(12-9-17)30-19-4-2-1-3-5-19/h1-5,8-14,16,21H,6-7,15H2,(H2,26,29)(H,27,28). The quantitative estimate of drug-likeness (QED) is 0.439. The molecular formula is C25H23N3O2. The molecule has 5 rings (SSSR count). The van der Waals surface area contributed by atoms with E-state index in [2.05, 4.69) is 17.1 Å². The highest BCUT2D eigenvalue weighted by atomic mass is 16.5. The summed E-state index contributed by atoms with van der Waals surface area (Å²) in [6.07, 6.45) is 2.74. The molecule has 1 aliphatic rings. The number of nitrogens with zero attached hydrogens (tertiary/aromatic N) is 1. The first-order valence-corrected chi connectivity index (χ1v) is 10.3. The van der Waals surface area contributed by atoms with Gasteiger partial charge in [0.15, 0.2) is 0 Å². The van der Waals surface area contributed by atoms with Gasteiger partial charge in [-0.3, -0.25) is 4.79 Å². The van der Waals surface area contributed by atoms with Gasteiger partial charge in [-0.05, 0) is 78.8 Å². The van der Waals surface area contributed by atoms with Gasteiger partial charge in [-0.25, -0.2) is 4.98 Å². The van der Waals surface area contributed by atoms with Gasteiger partial charge >= 0.3 is 0 Å². The Morgan fingerprint density at radius 1 is 1.03 bits per heavy atom. The number of carbonyl (C=O) groups is 1. The molecule has 1 atom stereocenters. The molecule has 4 aromatic rings. The number of aromatic nitrogens is 2. The van der Waals surface area contributed by atoms with Gasteiger partial charge in [-0.15, -0.1) is 0 Å². The molecule has 1 aromatic heterocycles. The lowest BCUT2D eigenvalue weighted by molar-refractivity contribution is -0.118. The molecule has 0 spiro atoms. The second kappa shape index (κ2) is 7.67. The van der Waals surface area contributed by atoms with Crippen molar-refractivity contribution in [1.29, 1.82) is 0 Å². The number of nitrogens with two attached hydrogens (primary N) is 1. The van der Waals surface area contributed by atoms with E-state index in [1.807, 2.05) is 60.7 Å². The maximum atomic E-state index is 11.5. The van der Waals surface area contributed by atoms with Crippen molar-refractivity contribution in [2.24, 2.45) is 11.7 Å². The fourth-order valence-electron chi connectivity index (χ4n) is 3.97. The van der Waals surface area contributed by atoms with Crippen LogP contribution in [0.4, 0.5) is 0 Å². The molecule has 150 valence electrons. The molecule has 0 saturated heterocycles. The summed E-state index contributed by atoms with van der Waals surface area (Å²) in [5.41, 5.74) is 9.51. The Hall–Kier alpha value is -3.60. The maximum absolute atomic E-state index is 11.5. The van der Waals surface area contributed by atoms with Crippen LogP contribution < -0.4 is 10.5 Å². The Balaban J connectivity index is 1.39. The van der Waals surface area contributed by atoms with Gasteiger partial charge in [0.1, 0.15) is 17.3 Å². The van der Waals surface area contributed by atoms with Crippen LogP contribution in [0.3, 0.4) is 0 Å². The first-order valence-electron chi connectivity index (χ1n) is 10.3. The number of nitrogens with one attached hydrogen (secondary N) is 1. The number of carbonyl (C=O) groups excluding carboxylic acids is 1. The Labute approximate surface area is 174 Å². The van der Waals surface area contributed by atoms with Crippen LogP contribution in [-0.4, -0.2) is 15.9 Å². The van der Waals surface area contributed by atoms with Crippen LogP contribution >= 0.6 is 0 Å². The van der Waals surface area contributed by atoms with Crippen molar-refractivity contribution < 1.29 is 9.53 Å². The van der Waals surface area contributed by atoms with E-state index in [0.717, 1.165) is 39.5 Å². The van der Waals surface area contributed by atoms with Crippen molar-refractivity contribution in [2.45, 2.75) is 25.2 Å². The zero-order valence-electron chi connectivity index (χ0n) is 16.5. The third-order valence-electron chi connectivity index (χ3n) is 5.65. The normalized spacial score (nSPS) is 14.5. The molecular weight excluding hydrogens is 374 g/mol. The van der Waals surface area contributed by atoms with Gasteiger partial charge in [0.2, 0.25) is 5.91 Å². The maximum Gasteiger partial charge on any atom is 0.218 e. The third kappa shape index (κ3) is 3.92. The number of hydrogen-bond acceptors (Lipinski definition) is 3. The van der Waals surface area contributed by atoms with Crippen LogP contribution in [0.25, 0.3) is 22.4 Å². The van der Waals surface area contributed by atoms with Crippen molar-refractivity contribution >= 4 is 16.9 Å². The van der Waals surface area contributed by atoms with E-state index in [1.165, 1.54) is 12.8 Å². The Kier molecular flexibility index (Phi) is 4.71. The SMILES string of the molecule is NC(=O)CC(c1ccc2nc(-c3ccc(Oc4ccccc4)cc3)[nH]c2c1)C1CC1. The number of hydrogen-bond donors (Lipinski definition) is 2. The summed E-state index contributed by atoms with van der Waals surface area (Å²) in [6.45, 7) is 0. The number of H-pyrrole nitrogens is 1. The number of ether oxygens (including phenoxy) is 1. The minimum Gasteiger partial charge on any atom is -0.457 e. The summed E-state index contributed by atoms with van der Waals surface area (Å²) in [4.78, 5) is 19.7. The average Bonchev–Trinajstić information content (AvgIpc) is 3.51. The topological polar surface area (TPSA) is 81.0 Å². The predicted octanol–water partition coefficient (Wildman–Crippen LogP) is 5.39. The fraction of sp³-hybridized carbons (Fsp3) is 0.200. The third-order valence-corrected chi connectivity index (χ3v) is 5.65. The molecule has 0 radical (unpaired) electrons. The van der Waals surface area contributed by atoms with E-state index in [0.29, 0.717) is 12.3 Å². The molecule has 3 aromatic carbocycles. The van der Waals surface area contributed by atoms with E-state index < -0.39 is 0 Å². The van der Waals surface area contributed by atoms with Crippen LogP contribution in [0.1, 0.15) is 30.7 Å². The van der Waals surface area contributed by atoms with Crippen molar-refractivity contribution in [3.63, 3.8) is 0 Å². The first kappa shape index (κ1) is 18.4. The number of rotatable bonds is 7. The number of para-hydroxylation sites is 1. The predicted molar refractivity (Wildman–Crippen MR) is 117 cm³/mol. The second-order valence-electron chi connectivity index (χ2n) is 7.92. The summed E-state index contributed by atoms with van der Waals surface area (Å²) in [5, 5.41) is 0. The highest BCUT2D eigenvalue weighted by Gasteiger charge is 2.33. The molecule has 1 unspecified atom stereocenters. The lowest BCUT2D eigenvalue weighted by Crippen LogP contribution is -2.16. The van der Waals surface area contributed by atoms with Crippen molar-refractivity contribution in [1.82, 2.24) is 9.97 Å². The van der Waals surface area contributed by atoms with Gasteiger partial charge in [0.05, 0.1) is 11.0 Å². The van der Waals surface area contributed by atoms with Gasteiger partial charge in [0, 0.05) is 12.0 Å². The van der Waals surface area contributed by atoms with E-state index in [4.69, 9.17) is 15.5 Å². The Morgan fingerprint density at radius 3 is 2.47 bits per heavy atom. The summed E-state index contributed by atoms with van der Waals surface area (Å²) in [5.74, 6) is 2.92. The summed E-state index contributed by atoms with van der Waals surface area (Å²) in [6, 6.07) is 23.8. The van der Waals surface area contributed by atoms with Crippen molar-refractivity contribution in [3.8, 4) is 22.9 Å². The summed E-state index contributed by atoms with van der Waals surface area (Å²) < 4.78 is 5.86. The highest BCUT2D eigenvalue weighted by Crippen LogP contribution is 2.44. The molecule has 1 fully saturated rings. The first-order chi connectivity index (χ1) is 14.7. The van der Waals surface area contributed by atoms with Gasteiger partial charge in [-0.1, -0.05) is 24.3 Å². The second-order valence-corrected chi connectivity index (χ2v) is 7.92. The molecule has 0 bridgehead atoms. The van der Waals surface area contributed by atoms with Crippen LogP contribution in [0, 0.1) is 5.92 Å². The van der Waals surface area contributed by atoms with Crippen molar-refractivity contribution in [2.75, 3.05) is 0 Å². The smallest absolute Gasteiger partial charge is 0.218 e. The minimum absolute atomic E-state index is 0.202. The Bertz CT molecular complexity index is 1180. The van der Waals surface area contributed by atoms with Crippen molar-refractivity contribution in [3.05, 3.63) is 78.4 Å². The zero-order chi connectivity index (χ0) is 20.5. The molecule has 5 nitrogen and oxygen atoms in total. The largest absolute Gasteiger partial charge is 0.457 e. The minimum atomic E-state index is -0.241. The highest BCUT2D eigenvalue weighted by molar-refractivity contribution is 5.81. The lowest BCUT2D eigenvalue weighted by atomic mass is 9.90. The molecule has 1 aliphatic carbocycles.